The van der Waals surface area contributed by atoms with Gasteiger partial charge in [0.1, 0.15) is 12.4 Å². The van der Waals surface area contributed by atoms with E-state index in [1.807, 2.05) is 31.6 Å². The molecule has 114 valence electrons. The van der Waals surface area contributed by atoms with E-state index in [0.29, 0.717) is 11.6 Å². The lowest BCUT2D eigenvalue weighted by molar-refractivity contribution is 0.287. The maximum Gasteiger partial charge on any atom is 0.131 e. The van der Waals surface area contributed by atoms with Gasteiger partial charge in [-0.3, -0.25) is 4.68 Å². The molecule has 2 aromatic rings. The first-order chi connectivity index (χ1) is 10.1. The summed E-state index contributed by atoms with van der Waals surface area (Å²) in [6, 6.07) is 6.17. The molecular weight excluding hydrogens is 286 g/mol. The minimum Gasteiger partial charge on any atom is -0.487 e. The summed E-state index contributed by atoms with van der Waals surface area (Å²) in [5.74, 6) is 0.921. The van der Waals surface area contributed by atoms with Gasteiger partial charge in [0.05, 0.1) is 16.4 Å². The van der Waals surface area contributed by atoms with E-state index in [-0.39, 0.29) is 0 Å². The van der Waals surface area contributed by atoms with Gasteiger partial charge in [0, 0.05) is 18.7 Å². The molecule has 1 aromatic carbocycles. The SMILES string of the molecule is CCn1nc(C)c(Cl)c1COc1c(C)cccc1CNC. The van der Waals surface area contributed by atoms with Crippen LogP contribution in [0.5, 0.6) is 5.75 Å². The Balaban J connectivity index is 2.24. The van der Waals surface area contributed by atoms with E-state index in [1.165, 1.54) is 0 Å². The van der Waals surface area contributed by atoms with Gasteiger partial charge < -0.3 is 10.1 Å². The molecule has 0 spiro atoms. The van der Waals surface area contributed by atoms with E-state index in [9.17, 15) is 0 Å². The molecule has 0 saturated heterocycles. The zero-order chi connectivity index (χ0) is 15.4. The van der Waals surface area contributed by atoms with Crippen molar-refractivity contribution >= 4 is 11.6 Å². The summed E-state index contributed by atoms with van der Waals surface area (Å²) >= 11 is 6.32. The number of hydrogen-bond donors (Lipinski definition) is 1. The molecule has 5 heteroatoms. The molecule has 0 fully saturated rings. The van der Waals surface area contributed by atoms with Crippen molar-refractivity contribution in [3.05, 3.63) is 45.7 Å². The summed E-state index contributed by atoms with van der Waals surface area (Å²) in [7, 11) is 1.93. The summed E-state index contributed by atoms with van der Waals surface area (Å²) in [6.45, 7) is 8.00. The number of rotatable bonds is 6. The fraction of sp³-hybridized carbons (Fsp3) is 0.438. The van der Waals surface area contributed by atoms with Gasteiger partial charge in [0.25, 0.3) is 0 Å². The molecule has 0 aliphatic carbocycles. The molecule has 0 unspecified atom stereocenters. The van der Waals surface area contributed by atoms with Gasteiger partial charge in [-0.25, -0.2) is 0 Å². The van der Waals surface area contributed by atoms with Crippen molar-refractivity contribution < 1.29 is 4.74 Å². The molecule has 1 heterocycles. The highest BCUT2D eigenvalue weighted by Gasteiger charge is 2.14. The minimum absolute atomic E-state index is 0.426. The van der Waals surface area contributed by atoms with Crippen LogP contribution in [0.3, 0.4) is 0 Å². The molecule has 0 radical (unpaired) electrons. The van der Waals surface area contributed by atoms with Gasteiger partial charge in [-0.2, -0.15) is 5.10 Å². The first-order valence-corrected chi connectivity index (χ1v) is 7.53. The molecule has 0 atom stereocenters. The molecule has 1 aromatic heterocycles. The van der Waals surface area contributed by atoms with Crippen molar-refractivity contribution in [3.8, 4) is 5.75 Å². The number of nitrogens with zero attached hydrogens (tertiary/aromatic N) is 2. The standard InChI is InChI=1S/C16H22ClN3O/c1-5-20-14(15(17)12(3)19-20)10-21-16-11(2)7-6-8-13(16)9-18-4/h6-8,18H,5,9-10H2,1-4H3. The third-order valence-electron chi connectivity index (χ3n) is 3.47. The Morgan fingerprint density at radius 1 is 1.33 bits per heavy atom. The Morgan fingerprint density at radius 2 is 2.10 bits per heavy atom. The van der Waals surface area contributed by atoms with Crippen LogP contribution in [-0.2, 0) is 19.7 Å². The van der Waals surface area contributed by atoms with Crippen molar-refractivity contribution in [2.45, 2.75) is 40.5 Å². The van der Waals surface area contributed by atoms with Crippen molar-refractivity contribution in [1.29, 1.82) is 0 Å². The number of para-hydroxylation sites is 1. The third-order valence-corrected chi connectivity index (χ3v) is 3.96. The van der Waals surface area contributed by atoms with Crippen molar-refractivity contribution in [2.24, 2.45) is 0 Å². The van der Waals surface area contributed by atoms with Crippen LogP contribution in [0.25, 0.3) is 0 Å². The van der Waals surface area contributed by atoms with Crippen molar-refractivity contribution in [1.82, 2.24) is 15.1 Å². The van der Waals surface area contributed by atoms with Crippen LogP contribution in [0.4, 0.5) is 0 Å². The minimum atomic E-state index is 0.426. The van der Waals surface area contributed by atoms with Gasteiger partial charge in [0.2, 0.25) is 0 Å². The monoisotopic (exact) mass is 307 g/mol. The first-order valence-electron chi connectivity index (χ1n) is 7.16. The van der Waals surface area contributed by atoms with Gasteiger partial charge in [-0.15, -0.1) is 0 Å². The van der Waals surface area contributed by atoms with Crippen molar-refractivity contribution in [3.63, 3.8) is 0 Å². The van der Waals surface area contributed by atoms with Crippen LogP contribution in [0.1, 0.15) is 29.4 Å². The molecular formula is C16H22ClN3O. The maximum atomic E-state index is 6.32. The lowest BCUT2D eigenvalue weighted by Crippen LogP contribution is -2.10. The van der Waals surface area contributed by atoms with Gasteiger partial charge in [-0.1, -0.05) is 29.8 Å². The predicted molar refractivity (Wildman–Crippen MR) is 85.9 cm³/mol. The summed E-state index contributed by atoms with van der Waals surface area (Å²) in [4.78, 5) is 0. The molecule has 4 nitrogen and oxygen atoms in total. The van der Waals surface area contributed by atoms with E-state index in [0.717, 1.165) is 41.4 Å². The highest BCUT2D eigenvalue weighted by Crippen LogP contribution is 2.27. The van der Waals surface area contributed by atoms with E-state index in [2.05, 4.69) is 29.5 Å². The second-order valence-corrected chi connectivity index (χ2v) is 5.42. The summed E-state index contributed by atoms with van der Waals surface area (Å²) < 4.78 is 7.95. The Kier molecular flexibility index (Phi) is 5.26. The van der Waals surface area contributed by atoms with Gasteiger partial charge in [0.15, 0.2) is 0 Å². The quantitative estimate of drug-likeness (QED) is 0.888. The topological polar surface area (TPSA) is 39.1 Å². The van der Waals surface area contributed by atoms with Crippen LogP contribution >= 0.6 is 11.6 Å². The second-order valence-electron chi connectivity index (χ2n) is 5.04. The molecule has 2 rings (SSSR count). The number of halogens is 1. The molecule has 21 heavy (non-hydrogen) atoms. The van der Waals surface area contributed by atoms with Crippen LogP contribution in [0.2, 0.25) is 5.02 Å². The summed E-state index contributed by atoms with van der Waals surface area (Å²) in [5.41, 5.74) is 4.04. The smallest absolute Gasteiger partial charge is 0.131 e. The normalized spacial score (nSPS) is 10.9. The summed E-state index contributed by atoms with van der Waals surface area (Å²) in [6.07, 6.45) is 0. The molecule has 0 aliphatic heterocycles. The van der Waals surface area contributed by atoms with E-state index >= 15 is 0 Å². The zero-order valence-electron chi connectivity index (χ0n) is 13.0. The molecule has 0 amide bonds. The number of aryl methyl sites for hydroxylation is 3. The molecule has 1 N–H and O–H groups in total. The fourth-order valence-electron chi connectivity index (χ4n) is 2.40. The maximum absolute atomic E-state index is 6.32. The van der Waals surface area contributed by atoms with Crippen LogP contribution in [-0.4, -0.2) is 16.8 Å². The van der Waals surface area contributed by atoms with Gasteiger partial charge >= 0.3 is 0 Å². The average Bonchev–Trinajstić information content (AvgIpc) is 2.74. The van der Waals surface area contributed by atoms with E-state index < -0.39 is 0 Å². The number of benzene rings is 1. The van der Waals surface area contributed by atoms with Gasteiger partial charge in [-0.05, 0) is 33.4 Å². The first kappa shape index (κ1) is 15.9. The lowest BCUT2D eigenvalue weighted by Gasteiger charge is -2.14. The number of nitrogens with one attached hydrogen (secondary N) is 1. The lowest BCUT2D eigenvalue weighted by atomic mass is 10.1. The number of hydrogen-bond acceptors (Lipinski definition) is 3. The van der Waals surface area contributed by atoms with Crippen LogP contribution in [0.15, 0.2) is 18.2 Å². The Morgan fingerprint density at radius 3 is 2.76 bits per heavy atom. The van der Waals surface area contributed by atoms with Crippen LogP contribution < -0.4 is 10.1 Å². The average molecular weight is 308 g/mol. The number of ether oxygens (including phenoxy) is 1. The Bertz CT molecular complexity index is 622. The van der Waals surface area contributed by atoms with Crippen molar-refractivity contribution in [2.75, 3.05) is 7.05 Å². The summed E-state index contributed by atoms with van der Waals surface area (Å²) in [5, 5.41) is 8.27. The fourth-order valence-corrected chi connectivity index (χ4v) is 2.59. The van der Waals surface area contributed by atoms with E-state index in [4.69, 9.17) is 16.3 Å². The Hall–Kier alpha value is -1.52. The third kappa shape index (κ3) is 3.39. The zero-order valence-corrected chi connectivity index (χ0v) is 13.8. The van der Waals surface area contributed by atoms with Crippen LogP contribution in [0, 0.1) is 13.8 Å². The second kappa shape index (κ2) is 6.96. The highest BCUT2D eigenvalue weighted by atomic mass is 35.5. The van der Waals surface area contributed by atoms with E-state index in [1.54, 1.807) is 0 Å². The molecule has 0 aliphatic rings. The Labute approximate surface area is 131 Å². The molecule has 0 saturated carbocycles. The predicted octanol–water partition coefficient (Wildman–Crippen LogP) is 3.47. The highest BCUT2D eigenvalue weighted by molar-refractivity contribution is 6.31. The largest absolute Gasteiger partial charge is 0.487 e. The molecule has 0 bridgehead atoms. The number of aromatic nitrogens is 2.